The zero-order chi connectivity index (χ0) is 24.2. The molecular formula is C28H28N4O2S. The number of nitrogens with zero attached hydrogens (tertiary/aromatic N) is 3. The second-order valence-corrected chi connectivity index (χ2v) is 8.86. The van der Waals surface area contributed by atoms with Gasteiger partial charge in [0.1, 0.15) is 17.5 Å². The molecule has 5 rings (SSSR count). The van der Waals surface area contributed by atoms with E-state index in [0.29, 0.717) is 11.7 Å². The average Bonchev–Trinajstić information content (AvgIpc) is 3.49. The Labute approximate surface area is 211 Å². The maximum atomic E-state index is 6.11. The van der Waals surface area contributed by atoms with Crippen LogP contribution in [0.25, 0.3) is 0 Å². The molecule has 0 spiro atoms. The topological polar surface area (TPSA) is 51.5 Å². The van der Waals surface area contributed by atoms with Crippen LogP contribution in [0.3, 0.4) is 0 Å². The largest absolute Gasteiger partial charge is 0.457 e. The van der Waals surface area contributed by atoms with Crippen molar-refractivity contribution in [2.24, 2.45) is 0 Å². The Morgan fingerprint density at radius 3 is 2.51 bits per heavy atom. The highest BCUT2D eigenvalue weighted by Crippen LogP contribution is 2.42. The number of anilines is 1. The Morgan fingerprint density at radius 2 is 1.77 bits per heavy atom. The molecule has 0 aliphatic carbocycles. The molecule has 2 atom stereocenters. The fourth-order valence-electron chi connectivity index (χ4n) is 4.50. The van der Waals surface area contributed by atoms with Crippen molar-refractivity contribution in [2.75, 3.05) is 18.6 Å². The molecule has 0 radical (unpaired) electrons. The monoisotopic (exact) mass is 484 g/mol. The van der Waals surface area contributed by atoms with Crippen molar-refractivity contribution in [3.63, 3.8) is 0 Å². The molecule has 0 saturated carbocycles. The number of aryl methyl sites for hydroxylation is 1. The van der Waals surface area contributed by atoms with Crippen molar-refractivity contribution >= 4 is 23.0 Å². The summed E-state index contributed by atoms with van der Waals surface area (Å²) in [5, 5.41) is 4.19. The summed E-state index contributed by atoms with van der Waals surface area (Å²) in [7, 11) is 1.72. The van der Waals surface area contributed by atoms with Crippen LogP contribution in [-0.4, -0.2) is 28.4 Å². The number of thiocarbonyl (C=S) groups is 1. The number of hydrogen-bond donors (Lipinski definition) is 1. The number of ether oxygens (including phenoxy) is 2. The predicted octanol–water partition coefficient (Wildman–Crippen LogP) is 5.81. The number of aromatic nitrogens is 2. The first kappa shape index (κ1) is 23.1. The van der Waals surface area contributed by atoms with Gasteiger partial charge in [-0.15, -0.1) is 0 Å². The quantitative estimate of drug-likeness (QED) is 0.319. The van der Waals surface area contributed by atoms with Gasteiger partial charge in [0, 0.05) is 37.4 Å². The van der Waals surface area contributed by atoms with Crippen molar-refractivity contribution in [3.8, 4) is 11.5 Å². The van der Waals surface area contributed by atoms with E-state index in [4.69, 9.17) is 21.7 Å². The molecule has 0 bridgehead atoms. The Morgan fingerprint density at radius 1 is 0.971 bits per heavy atom. The standard InChI is InChI=1S/C28H28N4O2S/c1-20-8-3-4-11-25(20)34-22-14-12-21(13-15-22)32-27(24-10-7-17-31(24)18-19-33-2)26(30-28(32)35)23-9-5-6-16-29-23/h3-17,26-27H,18-19H2,1-2H3,(H,30,35)/t26-,27-/m0/s1. The molecule has 2 aromatic heterocycles. The summed E-state index contributed by atoms with van der Waals surface area (Å²) in [6, 6.07) is 26.1. The summed E-state index contributed by atoms with van der Waals surface area (Å²) >= 11 is 5.86. The average molecular weight is 485 g/mol. The lowest BCUT2D eigenvalue weighted by molar-refractivity contribution is 0.186. The number of methoxy groups -OCH3 is 1. The van der Waals surface area contributed by atoms with Crippen LogP contribution in [-0.2, 0) is 11.3 Å². The predicted molar refractivity (Wildman–Crippen MR) is 142 cm³/mol. The summed E-state index contributed by atoms with van der Waals surface area (Å²) in [5.74, 6) is 1.63. The third-order valence-electron chi connectivity index (χ3n) is 6.24. The molecule has 1 fully saturated rings. The van der Waals surface area contributed by atoms with Gasteiger partial charge in [0.15, 0.2) is 5.11 Å². The maximum absolute atomic E-state index is 6.11. The highest BCUT2D eigenvalue weighted by atomic mass is 32.1. The van der Waals surface area contributed by atoms with Gasteiger partial charge in [0.2, 0.25) is 0 Å². The second-order valence-electron chi connectivity index (χ2n) is 8.48. The van der Waals surface area contributed by atoms with E-state index < -0.39 is 0 Å². The van der Waals surface area contributed by atoms with Crippen LogP contribution < -0.4 is 15.0 Å². The van der Waals surface area contributed by atoms with E-state index in [9.17, 15) is 0 Å². The van der Waals surface area contributed by atoms with Gasteiger partial charge >= 0.3 is 0 Å². The van der Waals surface area contributed by atoms with Crippen LogP contribution in [0.4, 0.5) is 5.69 Å². The number of nitrogens with one attached hydrogen (secondary N) is 1. The molecule has 2 aromatic carbocycles. The zero-order valence-corrected chi connectivity index (χ0v) is 20.6. The summed E-state index contributed by atoms with van der Waals surface area (Å²) in [6.45, 7) is 3.43. The van der Waals surface area contributed by atoms with Crippen molar-refractivity contribution in [2.45, 2.75) is 25.6 Å². The van der Waals surface area contributed by atoms with Gasteiger partial charge < -0.3 is 24.3 Å². The van der Waals surface area contributed by atoms with E-state index >= 15 is 0 Å². The molecular weight excluding hydrogens is 456 g/mol. The summed E-state index contributed by atoms with van der Waals surface area (Å²) < 4.78 is 13.7. The zero-order valence-electron chi connectivity index (χ0n) is 19.8. The molecule has 1 saturated heterocycles. The normalized spacial score (nSPS) is 17.4. The van der Waals surface area contributed by atoms with Crippen LogP contribution in [0.1, 0.15) is 29.0 Å². The minimum Gasteiger partial charge on any atom is -0.457 e. The molecule has 0 amide bonds. The SMILES string of the molecule is COCCn1cccc1[C@H]1[C@H](c2ccccn2)NC(=S)N1c1ccc(Oc2ccccc2C)cc1. The van der Waals surface area contributed by atoms with Crippen LogP contribution in [0, 0.1) is 6.92 Å². The lowest BCUT2D eigenvalue weighted by atomic mass is 10.0. The molecule has 4 aromatic rings. The highest BCUT2D eigenvalue weighted by Gasteiger charge is 2.42. The van der Waals surface area contributed by atoms with E-state index in [2.05, 4.69) is 50.2 Å². The number of pyridine rings is 1. The summed E-state index contributed by atoms with van der Waals surface area (Å²) in [4.78, 5) is 6.81. The minimum absolute atomic E-state index is 0.0765. The van der Waals surface area contributed by atoms with Gasteiger partial charge in [-0.2, -0.15) is 0 Å². The van der Waals surface area contributed by atoms with Gasteiger partial charge in [-0.25, -0.2) is 0 Å². The maximum Gasteiger partial charge on any atom is 0.174 e. The molecule has 7 heteroatoms. The number of hydrogen-bond acceptors (Lipinski definition) is 4. The Hall–Kier alpha value is -3.68. The van der Waals surface area contributed by atoms with E-state index in [1.807, 2.05) is 67.7 Å². The van der Waals surface area contributed by atoms with E-state index in [1.54, 1.807) is 7.11 Å². The number of benzene rings is 2. The van der Waals surface area contributed by atoms with Crippen LogP contribution in [0.2, 0.25) is 0 Å². The van der Waals surface area contributed by atoms with Gasteiger partial charge in [0.25, 0.3) is 0 Å². The van der Waals surface area contributed by atoms with Crippen LogP contribution in [0.5, 0.6) is 11.5 Å². The lowest BCUT2D eigenvalue weighted by Crippen LogP contribution is -2.30. The molecule has 178 valence electrons. The molecule has 3 heterocycles. The molecule has 0 unspecified atom stereocenters. The number of rotatable bonds is 8. The smallest absolute Gasteiger partial charge is 0.174 e. The third-order valence-corrected chi connectivity index (χ3v) is 6.55. The van der Waals surface area contributed by atoms with E-state index in [0.717, 1.165) is 40.7 Å². The fourth-order valence-corrected chi connectivity index (χ4v) is 4.84. The minimum atomic E-state index is -0.0946. The van der Waals surface area contributed by atoms with Gasteiger partial charge in [-0.05, 0) is 79.3 Å². The van der Waals surface area contributed by atoms with E-state index in [1.165, 1.54) is 0 Å². The molecule has 6 nitrogen and oxygen atoms in total. The highest BCUT2D eigenvalue weighted by molar-refractivity contribution is 7.80. The summed E-state index contributed by atoms with van der Waals surface area (Å²) in [6.07, 6.45) is 3.91. The van der Waals surface area contributed by atoms with Crippen molar-refractivity contribution < 1.29 is 9.47 Å². The lowest BCUT2D eigenvalue weighted by Gasteiger charge is -2.29. The van der Waals surface area contributed by atoms with Gasteiger partial charge in [-0.1, -0.05) is 24.3 Å². The molecule has 1 aliphatic rings. The Bertz CT molecular complexity index is 1290. The number of para-hydroxylation sites is 1. The Balaban J connectivity index is 1.49. The van der Waals surface area contributed by atoms with Gasteiger partial charge in [0.05, 0.1) is 18.3 Å². The van der Waals surface area contributed by atoms with Crippen molar-refractivity contribution in [3.05, 3.63) is 108 Å². The second kappa shape index (κ2) is 10.3. The first-order chi connectivity index (χ1) is 17.2. The third kappa shape index (κ3) is 4.78. The van der Waals surface area contributed by atoms with Crippen LogP contribution in [0.15, 0.2) is 91.3 Å². The van der Waals surface area contributed by atoms with Crippen LogP contribution >= 0.6 is 12.2 Å². The first-order valence-electron chi connectivity index (χ1n) is 11.6. The summed E-state index contributed by atoms with van der Waals surface area (Å²) in [5.41, 5.74) is 4.17. The molecule has 1 aliphatic heterocycles. The van der Waals surface area contributed by atoms with Crippen molar-refractivity contribution in [1.82, 2.24) is 14.9 Å². The van der Waals surface area contributed by atoms with Gasteiger partial charge in [-0.3, -0.25) is 4.98 Å². The Kier molecular flexibility index (Phi) is 6.79. The molecule has 35 heavy (non-hydrogen) atoms. The van der Waals surface area contributed by atoms with E-state index in [-0.39, 0.29) is 12.1 Å². The molecule has 1 N–H and O–H groups in total. The first-order valence-corrected chi connectivity index (χ1v) is 12.0. The fraction of sp³-hybridized carbons (Fsp3) is 0.214. The van der Waals surface area contributed by atoms with Crippen molar-refractivity contribution in [1.29, 1.82) is 0 Å².